The lowest BCUT2D eigenvalue weighted by Gasteiger charge is -2.17. The number of β-amino-alcohol motifs (C(OH)–C–C–N with tert-alkyl or cyclic N) is 1. The largest absolute Gasteiger partial charge is 0.395 e. The zero-order chi connectivity index (χ0) is 8.10. The van der Waals surface area contributed by atoms with Gasteiger partial charge in [0.05, 0.1) is 12.6 Å². The number of likely N-dealkylation sites (tertiary alicyclic amines) is 1. The molecule has 1 heterocycles. The van der Waals surface area contributed by atoms with Crippen molar-refractivity contribution in [2.24, 2.45) is 0 Å². The molecule has 0 amide bonds. The van der Waals surface area contributed by atoms with E-state index in [-0.39, 0.29) is 0 Å². The molecule has 4 N–H and O–H groups in total. The van der Waals surface area contributed by atoms with Crippen molar-refractivity contribution in [1.29, 1.82) is 0 Å². The number of hydrogen-bond acceptors (Lipinski definition) is 2. The molecule has 0 radical (unpaired) electrons. The lowest BCUT2D eigenvalue weighted by atomic mass is 10.1. The summed E-state index contributed by atoms with van der Waals surface area (Å²) in [6, 6.07) is 0.638. The van der Waals surface area contributed by atoms with E-state index in [2.05, 4.69) is 10.6 Å². The summed E-state index contributed by atoms with van der Waals surface area (Å²) in [5.74, 6) is 0. The molecule has 0 aromatic carbocycles. The molecule has 11 heavy (non-hydrogen) atoms. The number of aliphatic hydroxyl groups excluding tert-OH is 1. The van der Waals surface area contributed by atoms with Crippen molar-refractivity contribution in [1.82, 2.24) is 4.90 Å². The Kier molecular flexibility index (Phi) is 3.83. The zero-order valence-electron chi connectivity index (χ0n) is 7.13. The molecule has 1 aliphatic heterocycles. The normalized spacial score (nSPS) is 28.4. The van der Waals surface area contributed by atoms with Gasteiger partial charge in [0.2, 0.25) is 0 Å². The first kappa shape index (κ1) is 8.97. The van der Waals surface area contributed by atoms with Crippen LogP contribution >= 0.6 is 0 Å². The molecule has 1 aliphatic rings. The van der Waals surface area contributed by atoms with Gasteiger partial charge in [0.25, 0.3) is 0 Å². The highest BCUT2D eigenvalue weighted by Crippen LogP contribution is 2.06. The number of quaternary nitrogens is 1. The van der Waals surface area contributed by atoms with Crippen LogP contribution < -0.4 is 5.73 Å². The third-order valence-electron chi connectivity index (χ3n) is 2.36. The van der Waals surface area contributed by atoms with E-state index in [1.54, 1.807) is 0 Å². The molecule has 0 spiro atoms. The van der Waals surface area contributed by atoms with Crippen molar-refractivity contribution in [2.45, 2.75) is 25.3 Å². The van der Waals surface area contributed by atoms with E-state index in [0.29, 0.717) is 12.6 Å². The molecule has 0 bridgehead atoms. The molecule has 0 unspecified atom stereocenters. The molecule has 0 aromatic heterocycles. The van der Waals surface area contributed by atoms with E-state index in [4.69, 9.17) is 5.11 Å². The van der Waals surface area contributed by atoms with Crippen molar-refractivity contribution < 1.29 is 10.8 Å². The predicted molar refractivity (Wildman–Crippen MR) is 44.1 cm³/mol. The van der Waals surface area contributed by atoms with E-state index in [0.717, 1.165) is 19.6 Å². The SMILES string of the molecule is [NH3+][C@H]1CCCN(CCO)CC1. The summed E-state index contributed by atoms with van der Waals surface area (Å²) in [4.78, 5) is 2.32. The molecule has 0 aromatic rings. The van der Waals surface area contributed by atoms with Gasteiger partial charge in [-0.2, -0.15) is 0 Å². The second-order valence-corrected chi connectivity index (χ2v) is 3.36. The Labute approximate surface area is 68.2 Å². The van der Waals surface area contributed by atoms with E-state index in [9.17, 15) is 0 Å². The lowest BCUT2D eigenvalue weighted by molar-refractivity contribution is -0.421. The molecule has 3 nitrogen and oxygen atoms in total. The van der Waals surface area contributed by atoms with Gasteiger partial charge in [0, 0.05) is 25.9 Å². The first-order valence-electron chi connectivity index (χ1n) is 4.49. The van der Waals surface area contributed by atoms with Crippen LogP contribution in [-0.2, 0) is 0 Å². The molecule has 3 heteroatoms. The van der Waals surface area contributed by atoms with E-state index >= 15 is 0 Å². The summed E-state index contributed by atoms with van der Waals surface area (Å²) in [5, 5.41) is 8.72. The molecule has 1 saturated heterocycles. The highest BCUT2D eigenvalue weighted by molar-refractivity contribution is 4.67. The fraction of sp³-hybridized carbons (Fsp3) is 1.00. The Morgan fingerprint density at radius 2 is 2.18 bits per heavy atom. The first-order valence-corrected chi connectivity index (χ1v) is 4.49. The van der Waals surface area contributed by atoms with Gasteiger partial charge in [0.1, 0.15) is 0 Å². The molecule has 1 fully saturated rings. The maximum absolute atomic E-state index is 8.72. The molecule has 0 saturated carbocycles. The summed E-state index contributed by atoms with van der Waals surface area (Å²) in [6.07, 6.45) is 3.69. The van der Waals surface area contributed by atoms with Gasteiger partial charge in [-0.1, -0.05) is 0 Å². The van der Waals surface area contributed by atoms with E-state index in [1.807, 2.05) is 0 Å². The Bertz CT molecular complexity index is 108. The van der Waals surface area contributed by atoms with Crippen LogP contribution in [0.25, 0.3) is 0 Å². The summed E-state index contributed by atoms with van der Waals surface area (Å²) in [6.45, 7) is 3.40. The minimum absolute atomic E-state index is 0.293. The average Bonchev–Trinajstić information content (AvgIpc) is 2.17. The van der Waals surface area contributed by atoms with Crippen LogP contribution in [0.15, 0.2) is 0 Å². The summed E-state index contributed by atoms with van der Waals surface area (Å²) in [5.41, 5.74) is 4.06. The zero-order valence-corrected chi connectivity index (χ0v) is 7.13. The fourth-order valence-electron chi connectivity index (χ4n) is 1.59. The van der Waals surface area contributed by atoms with Crippen LogP contribution in [0.2, 0.25) is 0 Å². The van der Waals surface area contributed by atoms with Gasteiger partial charge in [-0.05, 0) is 13.0 Å². The summed E-state index contributed by atoms with van der Waals surface area (Å²) < 4.78 is 0. The molecule has 0 aliphatic carbocycles. The van der Waals surface area contributed by atoms with Crippen molar-refractivity contribution >= 4 is 0 Å². The maximum atomic E-state index is 8.72. The number of rotatable bonds is 2. The minimum Gasteiger partial charge on any atom is -0.395 e. The van der Waals surface area contributed by atoms with Gasteiger partial charge in [0.15, 0.2) is 0 Å². The van der Waals surface area contributed by atoms with E-state index in [1.165, 1.54) is 19.3 Å². The first-order chi connectivity index (χ1) is 5.33. The third-order valence-corrected chi connectivity index (χ3v) is 2.36. The maximum Gasteiger partial charge on any atom is 0.0856 e. The van der Waals surface area contributed by atoms with Crippen LogP contribution in [0.3, 0.4) is 0 Å². The highest BCUT2D eigenvalue weighted by atomic mass is 16.3. The molecule has 66 valence electrons. The average molecular weight is 159 g/mol. The number of nitrogens with zero attached hydrogens (tertiary/aromatic N) is 1. The topological polar surface area (TPSA) is 51.1 Å². The van der Waals surface area contributed by atoms with Crippen molar-refractivity contribution in [2.75, 3.05) is 26.2 Å². The second-order valence-electron chi connectivity index (χ2n) is 3.36. The highest BCUT2D eigenvalue weighted by Gasteiger charge is 2.14. The van der Waals surface area contributed by atoms with E-state index < -0.39 is 0 Å². The van der Waals surface area contributed by atoms with Crippen molar-refractivity contribution in [3.8, 4) is 0 Å². The monoisotopic (exact) mass is 159 g/mol. The summed E-state index contributed by atoms with van der Waals surface area (Å²) >= 11 is 0. The van der Waals surface area contributed by atoms with Gasteiger partial charge >= 0.3 is 0 Å². The Morgan fingerprint density at radius 3 is 2.91 bits per heavy atom. The second kappa shape index (κ2) is 4.70. The number of hydrogen-bond donors (Lipinski definition) is 2. The smallest absolute Gasteiger partial charge is 0.0856 e. The minimum atomic E-state index is 0.293. The molecular formula is C8H19N2O+. The van der Waals surface area contributed by atoms with Gasteiger partial charge in [-0.3, -0.25) is 0 Å². The van der Waals surface area contributed by atoms with Crippen LogP contribution in [0.1, 0.15) is 19.3 Å². The Balaban J connectivity index is 2.22. The molecule has 1 atom stereocenters. The predicted octanol–water partition coefficient (Wildman–Crippen LogP) is -0.925. The van der Waals surface area contributed by atoms with Crippen molar-refractivity contribution in [3.63, 3.8) is 0 Å². The quantitative estimate of drug-likeness (QED) is 0.547. The third kappa shape index (κ3) is 3.18. The van der Waals surface area contributed by atoms with Gasteiger partial charge < -0.3 is 15.7 Å². The molecular weight excluding hydrogens is 140 g/mol. The van der Waals surface area contributed by atoms with Gasteiger partial charge in [-0.15, -0.1) is 0 Å². The van der Waals surface area contributed by atoms with Crippen LogP contribution in [0, 0.1) is 0 Å². The standard InChI is InChI=1S/C8H18N2O/c9-8-2-1-4-10(5-3-8)6-7-11/h8,11H,1-7,9H2/p+1/t8-/m0/s1. The Morgan fingerprint density at radius 1 is 1.36 bits per heavy atom. The fourth-order valence-corrected chi connectivity index (χ4v) is 1.59. The van der Waals surface area contributed by atoms with Crippen LogP contribution in [0.4, 0.5) is 0 Å². The van der Waals surface area contributed by atoms with Crippen LogP contribution in [0.5, 0.6) is 0 Å². The Hall–Kier alpha value is -0.120. The van der Waals surface area contributed by atoms with Crippen LogP contribution in [-0.4, -0.2) is 42.3 Å². The van der Waals surface area contributed by atoms with Gasteiger partial charge in [-0.25, -0.2) is 0 Å². The number of aliphatic hydroxyl groups is 1. The molecule has 1 rings (SSSR count). The summed E-state index contributed by atoms with van der Waals surface area (Å²) in [7, 11) is 0. The van der Waals surface area contributed by atoms with Crippen molar-refractivity contribution in [3.05, 3.63) is 0 Å². The lowest BCUT2D eigenvalue weighted by Crippen LogP contribution is -2.60.